The molecule has 2 heterocycles. The van der Waals surface area contributed by atoms with Gasteiger partial charge in [-0.05, 0) is 76.3 Å². The van der Waals surface area contributed by atoms with Crippen LogP contribution >= 0.6 is 0 Å². The van der Waals surface area contributed by atoms with E-state index in [1.165, 1.54) is 23.1 Å². The highest BCUT2D eigenvalue weighted by Gasteiger charge is 2.44. The number of amides is 3. The minimum atomic E-state index is -4.64. The van der Waals surface area contributed by atoms with Crippen molar-refractivity contribution in [3.63, 3.8) is 0 Å². The molecule has 2 aliphatic heterocycles. The highest BCUT2D eigenvalue weighted by atomic mass is 19.4. The van der Waals surface area contributed by atoms with E-state index in [9.17, 15) is 27.6 Å². The van der Waals surface area contributed by atoms with Crippen LogP contribution in [0.4, 0.5) is 18.0 Å². The van der Waals surface area contributed by atoms with E-state index >= 15 is 0 Å². The summed E-state index contributed by atoms with van der Waals surface area (Å²) < 4.78 is 57.8. The van der Waals surface area contributed by atoms with Gasteiger partial charge in [-0.3, -0.25) is 9.59 Å². The molecule has 10 nitrogen and oxygen atoms in total. The first kappa shape index (κ1) is 36.0. The molecule has 0 radical (unpaired) electrons. The van der Waals surface area contributed by atoms with Crippen molar-refractivity contribution in [2.75, 3.05) is 27.3 Å². The summed E-state index contributed by atoms with van der Waals surface area (Å²) in [6, 6.07) is 9.07. The summed E-state index contributed by atoms with van der Waals surface area (Å²) in [6.07, 6.45) is -1.50. The summed E-state index contributed by atoms with van der Waals surface area (Å²) >= 11 is 0. The highest BCUT2D eigenvalue weighted by Crippen LogP contribution is 2.40. The van der Waals surface area contributed by atoms with Crippen LogP contribution in [-0.2, 0) is 26.9 Å². The lowest BCUT2D eigenvalue weighted by atomic mass is 9.73. The van der Waals surface area contributed by atoms with Crippen molar-refractivity contribution >= 4 is 23.6 Å². The van der Waals surface area contributed by atoms with E-state index in [1.807, 2.05) is 18.2 Å². The molecule has 3 aliphatic rings. The SMILES string of the molecule is COc1ccc(C2=NN(C3CCN(C(=O)[C@@H](Cc4ccccc4C(F)(F)F)NC(=O)OC(C)(C)C)CC3)C(=O)[C@@H]3CCCC[C@H]23)cc1OC. The van der Waals surface area contributed by atoms with Crippen LogP contribution in [0.2, 0.25) is 0 Å². The number of nitrogens with one attached hydrogen (secondary N) is 1. The van der Waals surface area contributed by atoms with E-state index < -0.39 is 35.4 Å². The van der Waals surface area contributed by atoms with Crippen molar-refractivity contribution in [1.29, 1.82) is 0 Å². The molecule has 2 aromatic rings. The second-order valence-electron chi connectivity index (χ2n) is 13.8. The van der Waals surface area contributed by atoms with Gasteiger partial charge >= 0.3 is 12.3 Å². The molecule has 0 unspecified atom stereocenters. The molecule has 0 spiro atoms. The van der Waals surface area contributed by atoms with Crippen LogP contribution in [0, 0.1) is 11.8 Å². The lowest BCUT2D eigenvalue weighted by molar-refractivity contribution is -0.144. The minimum absolute atomic E-state index is 0.0171. The summed E-state index contributed by atoms with van der Waals surface area (Å²) in [5.41, 5.74) is -0.180. The van der Waals surface area contributed by atoms with Gasteiger partial charge in [-0.25, -0.2) is 9.80 Å². The van der Waals surface area contributed by atoms with Crippen molar-refractivity contribution in [2.45, 2.75) is 89.6 Å². The third kappa shape index (κ3) is 8.30. The van der Waals surface area contributed by atoms with E-state index in [0.717, 1.165) is 43.0 Å². The summed E-state index contributed by atoms with van der Waals surface area (Å²) in [5.74, 6) is 0.397. The molecule has 3 amide bonds. The van der Waals surface area contributed by atoms with E-state index in [-0.39, 0.29) is 48.9 Å². The van der Waals surface area contributed by atoms with Gasteiger partial charge < -0.3 is 24.4 Å². The number of hydrogen-bond acceptors (Lipinski definition) is 7. The fraction of sp³-hybridized carbons (Fsp3) is 0.556. The van der Waals surface area contributed by atoms with Crippen molar-refractivity contribution in [2.24, 2.45) is 16.9 Å². The molecule has 5 rings (SSSR count). The molecule has 3 atom stereocenters. The number of halogens is 3. The summed E-state index contributed by atoms with van der Waals surface area (Å²) in [4.78, 5) is 42.1. The van der Waals surface area contributed by atoms with Gasteiger partial charge in [-0.1, -0.05) is 31.0 Å². The Morgan fingerprint density at radius 2 is 1.59 bits per heavy atom. The minimum Gasteiger partial charge on any atom is -0.493 e. The van der Waals surface area contributed by atoms with Crippen LogP contribution in [-0.4, -0.2) is 78.5 Å². The zero-order chi connectivity index (χ0) is 35.5. The number of alkyl halides is 3. The lowest BCUT2D eigenvalue weighted by Crippen LogP contribution is -2.56. The predicted octanol–water partition coefficient (Wildman–Crippen LogP) is 6.20. The number of benzene rings is 2. The normalized spacial score (nSPS) is 21.0. The Kier molecular flexibility index (Phi) is 10.8. The lowest BCUT2D eigenvalue weighted by Gasteiger charge is -2.43. The van der Waals surface area contributed by atoms with Gasteiger partial charge in [-0.2, -0.15) is 18.3 Å². The van der Waals surface area contributed by atoms with Crippen LogP contribution < -0.4 is 14.8 Å². The maximum Gasteiger partial charge on any atom is 0.416 e. The zero-order valence-corrected chi connectivity index (χ0v) is 28.6. The van der Waals surface area contributed by atoms with Crippen molar-refractivity contribution in [1.82, 2.24) is 15.2 Å². The number of nitrogens with zero attached hydrogens (tertiary/aromatic N) is 3. The number of likely N-dealkylation sites (tertiary alicyclic amines) is 1. The standard InChI is InChI=1S/C36H45F3N4O6/c1-35(2,3)49-34(46)40-28(20-22-10-6-9-13-27(22)36(37,38)39)33(45)42-18-16-24(17-19-42)43-32(44)26-12-8-7-11-25(26)31(41-43)23-14-15-29(47-4)30(21-23)48-5/h6,9-10,13-15,21,24-26,28H,7-8,11-12,16-20H2,1-5H3,(H,40,46)/t25-,26+,28+/m0/s1. The maximum atomic E-state index is 13.9. The van der Waals surface area contributed by atoms with Gasteiger partial charge in [0.2, 0.25) is 11.8 Å². The Morgan fingerprint density at radius 1 is 0.939 bits per heavy atom. The fourth-order valence-corrected chi connectivity index (χ4v) is 7.09. The van der Waals surface area contributed by atoms with Gasteiger partial charge in [0.05, 0.1) is 31.5 Å². The van der Waals surface area contributed by atoms with Gasteiger partial charge in [0.25, 0.3) is 0 Å². The monoisotopic (exact) mass is 686 g/mol. The highest BCUT2D eigenvalue weighted by molar-refractivity contribution is 6.07. The fourth-order valence-electron chi connectivity index (χ4n) is 7.09. The molecular formula is C36H45F3N4O6. The van der Waals surface area contributed by atoms with Gasteiger partial charge in [0.1, 0.15) is 11.6 Å². The summed E-state index contributed by atoms with van der Waals surface area (Å²) in [5, 5.41) is 9.08. The molecule has 49 heavy (non-hydrogen) atoms. The number of alkyl carbamates (subject to hydrolysis) is 1. The van der Waals surface area contributed by atoms with E-state index in [2.05, 4.69) is 5.32 Å². The van der Waals surface area contributed by atoms with Crippen LogP contribution in [0.1, 0.15) is 76.0 Å². The Morgan fingerprint density at radius 3 is 2.22 bits per heavy atom. The van der Waals surface area contributed by atoms with Gasteiger partial charge in [0, 0.05) is 36.9 Å². The largest absolute Gasteiger partial charge is 0.493 e. The third-order valence-corrected chi connectivity index (χ3v) is 9.41. The van der Waals surface area contributed by atoms with Crippen LogP contribution in [0.3, 0.4) is 0 Å². The molecule has 13 heteroatoms. The Hall–Kier alpha value is -4.29. The smallest absolute Gasteiger partial charge is 0.416 e. The third-order valence-electron chi connectivity index (χ3n) is 9.41. The number of hydrazone groups is 1. The number of carbonyl (C=O) groups is 3. The van der Waals surface area contributed by atoms with Crippen molar-refractivity contribution in [3.8, 4) is 11.5 Å². The molecular weight excluding hydrogens is 641 g/mol. The first-order valence-electron chi connectivity index (χ1n) is 16.8. The molecule has 1 saturated carbocycles. The second-order valence-corrected chi connectivity index (χ2v) is 13.8. The van der Waals surface area contributed by atoms with E-state index in [4.69, 9.17) is 19.3 Å². The average molecular weight is 687 g/mol. The second kappa shape index (κ2) is 14.7. The molecule has 1 N–H and O–H groups in total. The number of fused-ring (bicyclic) bond motifs is 1. The van der Waals surface area contributed by atoms with E-state index in [0.29, 0.717) is 24.3 Å². The van der Waals surface area contributed by atoms with E-state index in [1.54, 1.807) is 40.0 Å². The van der Waals surface area contributed by atoms with Crippen molar-refractivity contribution in [3.05, 3.63) is 59.2 Å². The Bertz CT molecular complexity index is 1560. The first-order chi connectivity index (χ1) is 23.2. The zero-order valence-electron chi connectivity index (χ0n) is 28.6. The molecule has 1 aliphatic carbocycles. The molecule has 1 saturated heterocycles. The van der Waals surface area contributed by atoms with Crippen LogP contribution in [0.25, 0.3) is 0 Å². The van der Waals surface area contributed by atoms with Crippen molar-refractivity contribution < 1.29 is 41.8 Å². The summed E-state index contributed by atoms with van der Waals surface area (Å²) in [7, 11) is 3.14. The Labute approximate surface area is 284 Å². The van der Waals surface area contributed by atoms with Crippen LogP contribution in [0.15, 0.2) is 47.6 Å². The number of piperidine rings is 1. The number of hydrogen-bond donors (Lipinski definition) is 1. The number of rotatable bonds is 8. The topological polar surface area (TPSA) is 110 Å². The molecule has 266 valence electrons. The summed E-state index contributed by atoms with van der Waals surface area (Å²) in [6.45, 7) is 5.43. The average Bonchev–Trinajstić information content (AvgIpc) is 3.06. The number of methoxy groups -OCH3 is 2. The predicted molar refractivity (Wildman–Crippen MR) is 176 cm³/mol. The molecule has 2 fully saturated rings. The molecule has 0 bridgehead atoms. The first-order valence-corrected chi connectivity index (χ1v) is 16.8. The molecule has 0 aromatic heterocycles. The van der Waals surface area contributed by atoms with Gasteiger partial charge in [-0.15, -0.1) is 0 Å². The Balaban J connectivity index is 1.36. The number of ether oxygens (including phenoxy) is 3. The maximum absolute atomic E-state index is 13.9. The quantitative estimate of drug-likeness (QED) is 0.354. The van der Waals surface area contributed by atoms with Crippen LogP contribution in [0.5, 0.6) is 11.5 Å². The van der Waals surface area contributed by atoms with Gasteiger partial charge in [0.15, 0.2) is 11.5 Å². The number of carbonyl (C=O) groups excluding carboxylic acids is 3. The molecule has 2 aromatic carbocycles.